The van der Waals surface area contributed by atoms with Gasteiger partial charge in [0.05, 0.1) is 19.4 Å². The van der Waals surface area contributed by atoms with Crippen LogP contribution in [-0.4, -0.2) is 70.6 Å². The van der Waals surface area contributed by atoms with Crippen molar-refractivity contribution >= 4 is 73.7 Å². The molecule has 1 aliphatic heterocycles. The van der Waals surface area contributed by atoms with Crippen molar-refractivity contribution in [2.75, 3.05) is 38.3 Å². The van der Waals surface area contributed by atoms with Crippen LogP contribution in [0.3, 0.4) is 0 Å². The molecule has 1 aromatic heterocycles. The number of rotatable bonds is 10. The largest absolute Gasteiger partial charge is 0.494 e. The van der Waals surface area contributed by atoms with Gasteiger partial charge in [0.2, 0.25) is 5.91 Å². The molecule has 2 aromatic carbocycles. The van der Waals surface area contributed by atoms with E-state index in [1.165, 1.54) is 16.9 Å². The maximum atomic E-state index is 13.8. The van der Waals surface area contributed by atoms with Crippen molar-refractivity contribution in [2.45, 2.75) is 27.3 Å². The van der Waals surface area contributed by atoms with Crippen molar-refractivity contribution in [3.63, 3.8) is 0 Å². The first-order valence-corrected chi connectivity index (χ1v) is 14.2. The maximum absolute atomic E-state index is 13.8. The molecular weight excluding hydrogens is 596 g/mol. The van der Waals surface area contributed by atoms with E-state index in [1.54, 1.807) is 35.2 Å². The molecule has 0 bridgehead atoms. The second-order valence-corrected chi connectivity index (χ2v) is 10.3. The van der Waals surface area contributed by atoms with Gasteiger partial charge in [-0.15, -0.1) is 0 Å². The number of amides is 2. The van der Waals surface area contributed by atoms with E-state index in [0.29, 0.717) is 36.7 Å². The zero-order valence-corrected chi connectivity index (χ0v) is 25.3. The third-order valence-corrected chi connectivity index (χ3v) is 7.54. The number of nitrogens with zero attached hydrogens (tertiary/aromatic N) is 4. The predicted molar refractivity (Wildman–Crippen MR) is 162 cm³/mol. The smallest absolute Gasteiger partial charge is 0.325 e. The zero-order valence-electron chi connectivity index (χ0n) is 22.8. The SMILES string of the molecule is CCOc1ccc(N2C(=O)/C(=C/c3cn(CC(=O)N(CC)CC)c4ccc(Br)cc34)N(CC(=O)OC)C2=S)cc1. The molecule has 210 valence electrons. The molecule has 2 heterocycles. The number of methoxy groups -OCH3 is 1. The molecule has 3 aromatic rings. The van der Waals surface area contributed by atoms with Crippen LogP contribution in [0.1, 0.15) is 26.3 Å². The van der Waals surface area contributed by atoms with Crippen LogP contribution in [-0.2, 0) is 25.7 Å². The fourth-order valence-electron chi connectivity index (χ4n) is 4.62. The Morgan fingerprint density at radius 3 is 2.38 bits per heavy atom. The molecule has 1 saturated heterocycles. The lowest BCUT2D eigenvalue weighted by Crippen LogP contribution is -2.35. The van der Waals surface area contributed by atoms with E-state index in [-0.39, 0.29) is 35.7 Å². The Hall–Kier alpha value is -3.70. The normalized spacial score (nSPS) is 14.4. The molecule has 0 atom stereocenters. The lowest BCUT2D eigenvalue weighted by atomic mass is 10.1. The summed E-state index contributed by atoms with van der Waals surface area (Å²) in [5, 5.41) is 0.998. The van der Waals surface area contributed by atoms with Gasteiger partial charge in [0.25, 0.3) is 5.91 Å². The molecule has 1 fully saturated rings. The Kier molecular flexibility index (Phi) is 9.26. The van der Waals surface area contributed by atoms with Crippen LogP contribution in [0.5, 0.6) is 5.75 Å². The summed E-state index contributed by atoms with van der Waals surface area (Å²) in [6.45, 7) is 7.46. The molecule has 0 unspecified atom stereocenters. The standard InChI is InChI=1S/C29H31BrN4O5S/c1-5-31(6-2)26(35)17-32-16-19(23-15-20(30)8-13-24(23)32)14-25-28(37)34(29(40)33(25)18-27(36)38-4)21-9-11-22(12-10-21)39-7-3/h8-16H,5-7,17-18H2,1-4H3/b25-14-. The molecular formula is C29H31BrN4O5S. The molecule has 1 aliphatic rings. The van der Waals surface area contributed by atoms with E-state index < -0.39 is 5.97 Å². The highest BCUT2D eigenvalue weighted by molar-refractivity contribution is 9.10. The van der Waals surface area contributed by atoms with E-state index in [9.17, 15) is 14.4 Å². The van der Waals surface area contributed by atoms with Crippen molar-refractivity contribution < 1.29 is 23.9 Å². The lowest BCUT2D eigenvalue weighted by Gasteiger charge is -2.19. The molecule has 0 aliphatic carbocycles. The van der Waals surface area contributed by atoms with E-state index >= 15 is 0 Å². The van der Waals surface area contributed by atoms with Crippen LogP contribution >= 0.6 is 28.1 Å². The summed E-state index contributed by atoms with van der Waals surface area (Å²) >= 11 is 9.22. The van der Waals surface area contributed by atoms with Crippen LogP contribution in [0, 0.1) is 0 Å². The number of benzene rings is 2. The molecule has 2 amide bonds. The summed E-state index contributed by atoms with van der Waals surface area (Å²) in [4.78, 5) is 43.7. The number of fused-ring (bicyclic) bond motifs is 1. The number of hydrogen-bond acceptors (Lipinski definition) is 6. The first-order chi connectivity index (χ1) is 19.2. The summed E-state index contributed by atoms with van der Waals surface area (Å²) < 4.78 is 13.1. The van der Waals surface area contributed by atoms with Gasteiger partial charge in [-0.3, -0.25) is 19.3 Å². The fourth-order valence-corrected chi connectivity index (χ4v) is 5.34. The van der Waals surface area contributed by atoms with Crippen molar-refractivity contribution in [1.82, 2.24) is 14.4 Å². The van der Waals surface area contributed by atoms with Crippen molar-refractivity contribution in [3.8, 4) is 5.75 Å². The highest BCUT2D eigenvalue weighted by Crippen LogP contribution is 2.33. The Bertz CT molecular complexity index is 1480. The van der Waals surface area contributed by atoms with Crippen LogP contribution in [0.4, 0.5) is 5.69 Å². The summed E-state index contributed by atoms with van der Waals surface area (Å²) in [5.74, 6) is -0.252. The van der Waals surface area contributed by atoms with E-state index in [0.717, 1.165) is 15.4 Å². The molecule has 0 radical (unpaired) electrons. The number of carbonyl (C=O) groups excluding carboxylic acids is 3. The van der Waals surface area contributed by atoms with Crippen molar-refractivity contribution in [2.24, 2.45) is 0 Å². The highest BCUT2D eigenvalue weighted by atomic mass is 79.9. The molecule has 0 spiro atoms. The third kappa shape index (κ3) is 5.90. The Labute approximate surface area is 247 Å². The Morgan fingerprint density at radius 2 is 1.75 bits per heavy atom. The first-order valence-electron chi connectivity index (χ1n) is 13.0. The minimum absolute atomic E-state index is 0.00358. The minimum atomic E-state index is -0.537. The van der Waals surface area contributed by atoms with Gasteiger partial charge in [0.15, 0.2) is 5.11 Å². The number of halogens is 1. The number of anilines is 1. The Balaban J connectivity index is 1.80. The van der Waals surface area contributed by atoms with E-state index in [2.05, 4.69) is 15.9 Å². The number of likely N-dealkylation sites (N-methyl/N-ethyl adjacent to an activating group) is 1. The fraction of sp³-hybridized carbons (Fsp3) is 0.310. The molecule has 11 heteroatoms. The van der Waals surface area contributed by atoms with Gasteiger partial charge < -0.3 is 23.8 Å². The van der Waals surface area contributed by atoms with Gasteiger partial charge in [0.1, 0.15) is 24.5 Å². The molecule has 0 N–H and O–H groups in total. The predicted octanol–water partition coefficient (Wildman–Crippen LogP) is 4.82. The van der Waals surface area contributed by atoms with Gasteiger partial charge in [-0.25, -0.2) is 0 Å². The van der Waals surface area contributed by atoms with Gasteiger partial charge in [-0.2, -0.15) is 0 Å². The van der Waals surface area contributed by atoms with Crippen LogP contribution in [0.2, 0.25) is 0 Å². The summed E-state index contributed by atoms with van der Waals surface area (Å²) in [6.07, 6.45) is 3.55. The number of thiocarbonyl (C=S) groups is 1. The lowest BCUT2D eigenvalue weighted by molar-refractivity contribution is -0.140. The van der Waals surface area contributed by atoms with Gasteiger partial charge >= 0.3 is 5.97 Å². The van der Waals surface area contributed by atoms with Gasteiger partial charge in [-0.05, 0) is 81.5 Å². The molecule has 0 saturated carbocycles. The van der Waals surface area contributed by atoms with Crippen LogP contribution in [0.15, 0.2) is 58.8 Å². The summed E-state index contributed by atoms with van der Waals surface area (Å²) in [6, 6.07) is 12.8. The first kappa shape index (κ1) is 29.3. The van der Waals surface area contributed by atoms with Crippen molar-refractivity contribution in [3.05, 3.63) is 64.4 Å². The number of ether oxygens (including phenoxy) is 2. The number of carbonyl (C=O) groups is 3. The van der Waals surface area contributed by atoms with Gasteiger partial charge in [-0.1, -0.05) is 15.9 Å². The summed E-state index contributed by atoms with van der Waals surface area (Å²) in [7, 11) is 1.29. The highest BCUT2D eigenvalue weighted by Gasteiger charge is 2.40. The van der Waals surface area contributed by atoms with Crippen molar-refractivity contribution in [1.29, 1.82) is 0 Å². The minimum Gasteiger partial charge on any atom is -0.494 e. The molecule has 9 nitrogen and oxygen atoms in total. The molecule has 40 heavy (non-hydrogen) atoms. The molecule has 4 rings (SSSR count). The number of esters is 1. The van der Waals surface area contributed by atoms with E-state index in [1.807, 2.05) is 49.7 Å². The Morgan fingerprint density at radius 1 is 1.05 bits per heavy atom. The van der Waals surface area contributed by atoms with E-state index in [4.69, 9.17) is 21.7 Å². The van der Waals surface area contributed by atoms with Gasteiger partial charge in [0, 0.05) is 40.2 Å². The van der Waals surface area contributed by atoms with Crippen LogP contribution < -0.4 is 9.64 Å². The summed E-state index contributed by atoms with van der Waals surface area (Å²) in [5.41, 5.74) is 2.31. The second kappa shape index (κ2) is 12.6. The maximum Gasteiger partial charge on any atom is 0.325 e. The zero-order chi connectivity index (χ0) is 29.0. The quantitative estimate of drug-likeness (QED) is 0.181. The van der Waals surface area contributed by atoms with Crippen LogP contribution in [0.25, 0.3) is 17.0 Å². The average Bonchev–Trinajstić information content (AvgIpc) is 3.38. The third-order valence-electron chi connectivity index (χ3n) is 6.64. The number of hydrogen-bond donors (Lipinski definition) is 0. The topological polar surface area (TPSA) is 84.3 Å². The second-order valence-electron chi connectivity index (χ2n) is 8.98. The monoisotopic (exact) mass is 626 g/mol. The average molecular weight is 628 g/mol. The number of aromatic nitrogens is 1.